The number of aliphatic carboxylic acids is 1. The van der Waals surface area contributed by atoms with Crippen molar-refractivity contribution < 1.29 is 14.7 Å². The summed E-state index contributed by atoms with van der Waals surface area (Å²) in [7, 11) is 0. The van der Waals surface area contributed by atoms with E-state index >= 15 is 0 Å². The summed E-state index contributed by atoms with van der Waals surface area (Å²) < 4.78 is 0. The van der Waals surface area contributed by atoms with Gasteiger partial charge in [0.1, 0.15) is 0 Å². The fourth-order valence-electron chi connectivity index (χ4n) is 2.68. The van der Waals surface area contributed by atoms with Crippen LogP contribution in [-0.4, -0.2) is 23.5 Å². The van der Waals surface area contributed by atoms with E-state index in [9.17, 15) is 9.59 Å². The zero-order valence-electron chi connectivity index (χ0n) is 11.8. The summed E-state index contributed by atoms with van der Waals surface area (Å²) in [4.78, 5) is 22.9. The maximum Gasteiger partial charge on any atom is 0.303 e. The predicted octanol–water partition coefficient (Wildman–Crippen LogP) is 2.62. The van der Waals surface area contributed by atoms with Gasteiger partial charge < -0.3 is 10.4 Å². The van der Waals surface area contributed by atoms with Gasteiger partial charge in [0.2, 0.25) is 0 Å². The average molecular weight is 275 g/mol. The molecule has 0 bridgehead atoms. The molecule has 20 heavy (non-hydrogen) atoms. The van der Waals surface area contributed by atoms with Gasteiger partial charge in [-0.2, -0.15) is 0 Å². The molecule has 0 unspecified atom stereocenters. The van der Waals surface area contributed by atoms with Crippen LogP contribution in [0.25, 0.3) is 0 Å². The fraction of sp³-hybridized carbons (Fsp3) is 0.500. The summed E-state index contributed by atoms with van der Waals surface area (Å²) in [5.74, 6) is -0.907. The van der Waals surface area contributed by atoms with Gasteiger partial charge >= 0.3 is 5.97 Å². The van der Waals surface area contributed by atoms with Gasteiger partial charge in [-0.1, -0.05) is 25.5 Å². The van der Waals surface area contributed by atoms with Gasteiger partial charge in [0.15, 0.2) is 0 Å². The highest BCUT2D eigenvalue weighted by Gasteiger charge is 2.39. The molecule has 2 N–H and O–H groups in total. The standard InChI is InChI=1S/C16H21NO3/c1-2-12-4-6-13(7-5-12)15(20)17-11-16(8-3-9-16)10-14(18)19/h4-7H,2-3,8-11H2,1H3,(H,17,20)(H,18,19). The smallest absolute Gasteiger partial charge is 0.303 e. The van der Waals surface area contributed by atoms with Crippen molar-refractivity contribution in [2.75, 3.05) is 6.54 Å². The molecule has 0 heterocycles. The summed E-state index contributed by atoms with van der Waals surface area (Å²) in [6.45, 7) is 2.52. The van der Waals surface area contributed by atoms with Crippen molar-refractivity contribution in [1.29, 1.82) is 0 Å². The van der Waals surface area contributed by atoms with Crippen LogP contribution in [0.1, 0.15) is 48.5 Å². The molecule has 2 rings (SSSR count). The van der Waals surface area contributed by atoms with Crippen LogP contribution in [0.3, 0.4) is 0 Å². The van der Waals surface area contributed by atoms with E-state index in [2.05, 4.69) is 12.2 Å². The van der Waals surface area contributed by atoms with Crippen molar-refractivity contribution in [3.8, 4) is 0 Å². The highest BCUT2D eigenvalue weighted by molar-refractivity contribution is 5.94. The van der Waals surface area contributed by atoms with Gasteiger partial charge in [-0.25, -0.2) is 0 Å². The van der Waals surface area contributed by atoms with Crippen LogP contribution in [0, 0.1) is 5.41 Å². The topological polar surface area (TPSA) is 66.4 Å². The van der Waals surface area contributed by atoms with Crippen molar-refractivity contribution in [3.63, 3.8) is 0 Å². The number of carbonyl (C=O) groups excluding carboxylic acids is 1. The molecule has 1 aliphatic carbocycles. The van der Waals surface area contributed by atoms with E-state index in [1.807, 2.05) is 24.3 Å². The van der Waals surface area contributed by atoms with Crippen molar-refractivity contribution in [2.45, 2.75) is 39.0 Å². The Hall–Kier alpha value is -1.84. The number of aryl methyl sites for hydroxylation is 1. The third kappa shape index (κ3) is 3.38. The Morgan fingerprint density at radius 2 is 1.90 bits per heavy atom. The normalized spacial score (nSPS) is 16.2. The summed E-state index contributed by atoms with van der Waals surface area (Å²) in [5.41, 5.74) is 1.60. The average Bonchev–Trinajstić information content (AvgIpc) is 2.41. The number of carboxylic acid groups (broad SMARTS) is 1. The monoisotopic (exact) mass is 275 g/mol. The van der Waals surface area contributed by atoms with Crippen LogP contribution < -0.4 is 5.32 Å². The van der Waals surface area contributed by atoms with Crippen LogP contribution in [0.5, 0.6) is 0 Å². The van der Waals surface area contributed by atoms with Gasteiger partial charge in [0, 0.05) is 12.1 Å². The minimum atomic E-state index is -0.786. The van der Waals surface area contributed by atoms with Crippen molar-refractivity contribution >= 4 is 11.9 Å². The van der Waals surface area contributed by atoms with Crippen molar-refractivity contribution in [2.24, 2.45) is 5.41 Å². The molecule has 1 aromatic rings. The molecular formula is C16H21NO3. The first-order chi connectivity index (χ1) is 9.54. The first-order valence-corrected chi connectivity index (χ1v) is 7.14. The molecule has 0 atom stereocenters. The zero-order chi connectivity index (χ0) is 14.6. The second-order valence-corrected chi connectivity index (χ2v) is 5.66. The lowest BCUT2D eigenvalue weighted by Gasteiger charge is -2.40. The Balaban J connectivity index is 1.92. The van der Waals surface area contributed by atoms with E-state index in [0.29, 0.717) is 12.1 Å². The molecule has 1 amide bonds. The molecule has 1 fully saturated rings. The van der Waals surface area contributed by atoms with Crippen LogP contribution in [0.2, 0.25) is 0 Å². The van der Waals surface area contributed by atoms with E-state index in [1.165, 1.54) is 5.56 Å². The molecule has 0 radical (unpaired) electrons. The number of amides is 1. The molecule has 0 aromatic heterocycles. The van der Waals surface area contributed by atoms with Crippen LogP contribution >= 0.6 is 0 Å². The van der Waals surface area contributed by atoms with E-state index in [4.69, 9.17) is 5.11 Å². The Labute approximate surface area is 119 Å². The first-order valence-electron chi connectivity index (χ1n) is 7.14. The highest BCUT2D eigenvalue weighted by Crippen LogP contribution is 2.43. The number of carboxylic acids is 1. The summed E-state index contributed by atoms with van der Waals surface area (Å²) in [6, 6.07) is 7.54. The van der Waals surface area contributed by atoms with Gasteiger partial charge in [-0.15, -0.1) is 0 Å². The maximum atomic E-state index is 12.1. The largest absolute Gasteiger partial charge is 0.481 e. The predicted molar refractivity (Wildman–Crippen MR) is 76.7 cm³/mol. The van der Waals surface area contributed by atoms with E-state index < -0.39 is 5.97 Å². The fourth-order valence-corrected chi connectivity index (χ4v) is 2.68. The second kappa shape index (κ2) is 6.07. The number of nitrogens with one attached hydrogen (secondary N) is 1. The third-order valence-electron chi connectivity index (χ3n) is 4.19. The minimum Gasteiger partial charge on any atom is -0.481 e. The van der Waals surface area contributed by atoms with E-state index in [0.717, 1.165) is 25.7 Å². The quantitative estimate of drug-likeness (QED) is 0.838. The highest BCUT2D eigenvalue weighted by atomic mass is 16.4. The van der Waals surface area contributed by atoms with E-state index in [-0.39, 0.29) is 17.7 Å². The van der Waals surface area contributed by atoms with E-state index in [1.54, 1.807) is 0 Å². The lowest BCUT2D eigenvalue weighted by Crippen LogP contribution is -2.43. The second-order valence-electron chi connectivity index (χ2n) is 5.66. The van der Waals surface area contributed by atoms with Crippen LogP contribution in [0.15, 0.2) is 24.3 Å². The number of hydrogen-bond donors (Lipinski definition) is 2. The first kappa shape index (κ1) is 14.6. The van der Waals surface area contributed by atoms with Crippen LogP contribution in [0.4, 0.5) is 0 Å². The maximum absolute atomic E-state index is 12.1. The summed E-state index contributed by atoms with van der Waals surface area (Å²) in [5, 5.41) is 11.8. The molecule has 0 spiro atoms. The Morgan fingerprint density at radius 3 is 2.35 bits per heavy atom. The zero-order valence-corrected chi connectivity index (χ0v) is 11.8. The number of benzene rings is 1. The van der Waals surface area contributed by atoms with Gasteiger partial charge in [-0.3, -0.25) is 9.59 Å². The number of hydrogen-bond acceptors (Lipinski definition) is 2. The molecule has 4 nitrogen and oxygen atoms in total. The molecule has 1 aliphatic rings. The summed E-state index contributed by atoms with van der Waals surface area (Å²) in [6.07, 6.45) is 3.91. The van der Waals surface area contributed by atoms with Gasteiger partial charge in [0.05, 0.1) is 6.42 Å². The van der Waals surface area contributed by atoms with Crippen molar-refractivity contribution in [3.05, 3.63) is 35.4 Å². The molecule has 0 aliphatic heterocycles. The minimum absolute atomic E-state index is 0.121. The lowest BCUT2D eigenvalue weighted by molar-refractivity contribution is -0.141. The van der Waals surface area contributed by atoms with Gasteiger partial charge in [-0.05, 0) is 42.4 Å². The molecule has 1 aromatic carbocycles. The Kier molecular flexibility index (Phi) is 4.42. The molecule has 4 heteroatoms. The summed E-state index contributed by atoms with van der Waals surface area (Å²) >= 11 is 0. The number of carbonyl (C=O) groups is 2. The Bertz CT molecular complexity index is 489. The van der Waals surface area contributed by atoms with Crippen molar-refractivity contribution in [1.82, 2.24) is 5.32 Å². The molecular weight excluding hydrogens is 254 g/mol. The molecule has 108 valence electrons. The number of rotatable bonds is 6. The molecule has 0 saturated heterocycles. The SMILES string of the molecule is CCc1ccc(C(=O)NCC2(CC(=O)O)CCC2)cc1. The molecule has 1 saturated carbocycles. The van der Waals surface area contributed by atoms with Crippen LogP contribution in [-0.2, 0) is 11.2 Å². The lowest BCUT2D eigenvalue weighted by atomic mass is 9.66. The van der Waals surface area contributed by atoms with Gasteiger partial charge in [0.25, 0.3) is 5.91 Å². The Morgan fingerprint density at radius 1 is 1.25 bits per heavy atom. The third-order valence-corrected chi connectivity index (χ3v) is 4.19.